The molecule has 2 aromatic heterocycles. The van der Waals surface area contributed by atoms with Gasteiger partial charge in [-0.05, 0) is 49.8 Å². The zero-order chi connectivity index (χ0) is 19.9. The number of amides is 2. The van der Waals surface area contributed by atoms with Crippen molar-refractivity contribution in [2.24, 2.45) is 0 Å². The maximum Gasteiger partial charge on any atom is 0.289 e. The molecule has 1 unspecified atom stereocenters. The van der Waals surface area contributed by atoms with Crippen LogP contribution in [-0.4, -0.2) is 59.3 Å². The smallest absolute Gasteiger partial charge is 0.289 e. The van der Waals surface area contributed by atoms with Gasteiger partial charge in [0.1, 0.15) is 0 Å². The fourth-order valence-electron chi connectivity index (χ4n) is 3.57. The van der Waals surface area contributed by atoms with Crippen LogP contribution in [-0.2, 0) is 11.3 Å². The van der Waals surface area contributed by atoms with E-state index >= 15 is 0 Å². The first-order valence-electron chi connectivity index (χ1n) is 9.90. The van der Waals surface area contributed by atoms with Gasteiger partial charge in [-0.2, -0.15) is 0 Å². The third-order valence-electron chi connectivity index (χ3n) is 5.20. The van der Waals surface area contributed by atoms with E-state index in [1.54, 1.807) is 23.2 Å². The summed E-state index contributed by atoms with van der Waals surface area (Å²) in [6, 6.07) is 7.08. The first-order valence-corrected chi connectivity index (χ1v) is 9.90. The van der Waals surface area contributed by atoms with E-state index in [2.05, 4.69) is 29.0 Å². The van der Waals surface area contributed by atoms with E-state index in [9.17, 15) is 9.59 Å². The third kappa shape index (κ3) is 4.59. The molecule has 1 aliphatic rings. The predicted molar refractivity (Wildman–Crippen MR) is 106 cm³/mol. The molecule has 0 bridgehead atoms. The minimum absolute atomic E-state index is 0.0866. The van der Waals surface area contributed by atoms with Crippen LogP contribution < -0.4 is 5.32 Å². The molecule has 1 aliphatic heterocycles. The van der Waals surface area contributed by atoms with Gasteiger partial charge in [0.15, 0.2) is 5.76 Å². The van der Waals surface area contributed by atoms with Crippen molar-refractivity contribution < 1.29 is 14.0 Å². The van der Waals surface area contributed by atoms with Gasteiger partial charge in [0.05, 0.1) is 17.9 Å². The Morgan fingerprint density at radius 1 is 1.29 bits per heavy atom. The minimum Gasteiger partial charge on any atom is -0.459 e. The molecule has 0 fully saturated rings. The zero-order valence-corrected chi connectivity index (χ0v) is 16.6. The number of carbonyl (C=O) groups is 2. The molecule has 150 valence electrons. The quantitative estimate of drug-likeness (QED) is 0.707. The Bertz CT molecular complexity index is 787. The molecule has 3 rings (SSSR count). The number of aromatic nitrogens is 1. The topological polar surface area (TPSA) is 78.7 Å². The molecule has 0 aromatic carbocycles. The molecule has 0 spiro atoms. The minimum atomic E-state index is -0.475. The van der Waals surface area contributed by atoms with E-state index in [1.165, 1.54) is 6.26 Å². The van der Waals surface area contributed by atoms with Gasteiger partial charge in [-0.3, -0.25) is 14.6 Å². The lowest BCUT2D eigenvalue weighted by atomic mass is 9.93. The van der Waals surface area contributed by atoms with Crippen LogP contribution in [0, 0.1) is 0 Å². The van der Waals surface area contributed by atoms with Crippen molar-refractivity contribution in [2.75, 3.05) is 32.7 Å². The average Bonchev–Trinajstić information content (AvgIpc) is 3.27. The van der Waals surface area contributed by atoms with Gasteiger partial charge in [0.2, 0.25) is 5.91 Å². The van der Waals surface area contributed by atoms with Gasteiger partial charge in [-0.25, -0.2) is 0 Å². The van der Waals surface area contributed by atoms with Crippen LogP contribution in [0.1, 0.15) is 48.0 Å². The van der Waals surface area contributed by atoms with Crippen molar-refractivity contribution in [3.05, 3.63) is 53.7 Å². The summed E-state index contributed by atoms with van der Waals surface area (Å²) in [6.07, 6.45) is 4.07. The summed E-state index contributed by atoms with van der Waals surface area (Å²) < 4.78 is 5.24. The highest BCUT2D eigenvalue weighted by Crippen LogP contribution is 2.27. The van der Waals surface area contributed by atoms with Crippen molar-refractivity contribution >= 4 is 11.8 Å². The second kappa shape index (κ2) is 9.50. The van der Waals surface area contributed by atoms with E-state index in [-0.39, 0.29) is 17.6 Å². The van der Waals surface area contributed by atoms with Gasteiger partial charge >= 0.3 is 0 Å². The largest absolute Gasteiger partial charge is 0.459 e. The van der Waals surface area contributed by atoms with Gasteiger partial charge < -0.3 is 19.5 Å². The number of nitrogens with zero attached hydrogens (tertiary/aromatic N) is 3. The molecule has 1 atom stereocenters. The Morgan fingerprint density at radius 3 is 2.82 bits per heavy atom. The second-order valence-electron chi connectivity index (χ2n) is 6.93. The highest BCUT2D eigenvalue weighted by Gasteiger charge is 2.34. The number of carbonyl (C=O) groups excluding carboxylic acids is 2. The van der Waals surface area contributed by atoms with Crippen molar-refractivity contribution in [1.82, 2.24) is 20.1 Å². The Morgan fingerprint density at radius 2 is 2.11 bits per heavy atom. The van der Waals surface area contributed by atoms with Gasteiger partial charge in [0.25, 0.3) is 5.91 Å². The molecule has 0 aliphatic carbocycles. The normalized spacial score (nSPS) is 16.1. The van der Waals surface area contributed by atoms with Crippen molar-refractivity contribution in [1.29, 1.82) is 0 Å². The van der Waals surface area contributed by atoms with Gasteiger partial charge in [-0.15, -0.1) is 0 Å². The molecule has 0 radical (unpaired) electrons. The molecular formula is C21H28N4O3. The van der Waals surface area contributed by atoms with E-state index in [1.807, 2.05) is 12.1 Å². The van der Waals surface area contributed by atoms with Crippen LogP contribution in [0.2, 0.25) is 0 Å². The molecule has 7 nitrogen and oxygen atoms in total. The SMILES string of the molecule is CCN(CC)CCCNC(=O)C1CN(C(=O)c2ccco2)Cc2cccnc21. The van der Waals surface area contributed by atoms with Crippen LogP contribution in [0.5, 0.6) is 0 Å². The Labute approximate surface area is 165 Å². The standard InChI is InChI=1S/C21H28N4O3/c1-3-24(4-2)12-7-11-23-20(26)17-15-25(21(27)18-9-6-13-28-18)14-16-8-5-10-22-19(16)17/h5-6,8-10,13,17H,3-4,7,11-12,14-15H2,1-2H3,(H,23,26). The molecule has 2 amide bonds. The Kier molecular flexibility index (Phi) is 6.81. The number of rotatable bonds is 8. The summed E-state index contributed by atoms with van der Waals surface area (Å²) in [5.41, 5.74) is 1.66. The second-order valence-corrected chi connectivity index (χ2v) is 6.93. The lowest BCUT2D eigenvalue weighted by molar-refractivity contribution is -0.123. The molecule has 1 N–H and O–H groups in total. The number of furan rings is 1. The summed E-state index contributed by atoms with van der Waals surface area (Å²) in [6.45, 7) is 8.58. The summed E-state index contributed by atoms with van der Waals surface area (Å²) in [4.78, 5) is 34.0. The van der Waals surface area contributed by atoms with Crippen molar-refractivity contribution in [3.8, 4) is 0 Å². The number of hydrogen-bond donors (Lipinski definition) is 1. The molecule has 0 saturated carbocycles. The van der Waals surface area contributed by atoms with E-state index in [0.717, 1.165) is 37.3 Å². The highest BCUT2D eigenvalue weighted by molar-refractivity contribution is 5.93. The Hall–Kier alpha value is -2.67. The fraction of sp³-hybridized carbons (Fsp3) is 0.476. The maximum atomic E-state index is 12.9. The lowest BCUT2D eigenvalue weighted by Gasteiger charge is -2.32. The number of nitrogens with one attached hydrogen (secondary N) is 1. The molecule has 28 heavy (non-hydrogen) atoms. The van der Waals surface area contributed by atoms with Crippen LogP contribution >= 0.6 is 0 Å². The monoisotopic (exact) mass is 384 g/mol. The predicted octanol–water partition coefficient (Wildman–Crippen LogP) is 2.26. The van der Waals surface area contributed by atoms with Crippen molar-refractivity contribution in [3.63, 3.8) is 0 Å². The van der Waals surface area contributed by atoms with Crippen LogP contribution in [0.25, 0.3) is 0 Å². The van der Waals surface area contributed by atoms with Crippen LogP contribution in [0.3, 0.4) is 0 Å². The van der Waals surface area contributed by atoms with Gasteiger partial charge in [-0.1, -0.05) is 19.9 Å². The van der Waals surface area contributed by atoms with Gasteiger partial charge in [0, 0.05) is 25.8 Å². The van der Waals surface area contributed by atoms with Crippen LogP contribution in [0.15, 0.2) is 41.1 Å². The Balaban J connectivity index is 1.66. The maximum absolute atomic E-state index is 12.9. The number of hydrogen-bond acceptors (Lipinski definition) is 5. The zero-order valence-electron chi connectivity index (χ0n) is 16.6. The summed E-state index contributed by atoms with van der Waals surface area (Å²) in [7, 11) is 0. The average molecular weight is 384 g/mol. The van der Waals surface area contributed by atoms with Crippen molar-refractivity contribution in [2.45, 2.75) is 32.7 Å². The molecule has 3 heterocycles. The van der Waals surface area contributed by atoms with E-state index < -0.39 is 5.92 Å². The summed E-state index contributed by atoms with van der Waals surface area (Å²) in [5, 5.41) is 3.02. The number of fused-ring (bicyclic) bond motifs is 1. The lowest BCUT2D eigenvalue weighted by Crippen LogP contribution is -2.44. The molecule has 2 aromatic rings. The number of pyridine rings is 1. The molecule has 7 heteroatoms. The van der Waals surface area contributed by atoms with Crippen LogP contribution in [0.4, 0.5) is 0 Å². The molecule has 0 saturated heterocycles. The van der Waals surface area contributed by atoms with E-state index in [4.69, 9.17) is 4.42 Å². The highest BCUT2D eigenvalue weighted by atomic mass is 16.3. The third-order valence-corrected chi connectivity index (χ3v) is 5.20. The first kappa shape index (κ1) is 20.1. The fourth-order valence-corrected chi connectivity index (χ4v) is 3.57. The first-order chi connectivity index (χ1) is 13.6. The summed E-state index contributed by atoms with van der Waals surface area (Å²) in [5.74, 6) is -0.488. The van der Waals surface area contributed by atoms with E-state index in [0.29, 0.717) is 19.6 Å². The molecular weight excluding hydrogens is 356 g/mol. The summed E-state index contributed by atoms with van der Waals surface area (Å²) >= 11 is 0.